The summed E-state index contributed by atoms with van der Waals surface area (Å²) in [6, 6.07) is 6.97. The summed E-state index contributed by atoms with van der Waals surface area (Å²) in [5, 5.41) is 12.6. The number of amides is 1. The van der Waals surface area contributed by atoms with Crippen LogP contribution in [0, 0.1) is 0 Å². The molecule has 1 heterocycles. The zero-order chi connectivity index (χ0) is 13.7. The number of hydrogen-bond donors (Lipinski definition) is 3. The fraction of sp³-hybridized carbons (Fsp3) is 0.462. The van der Waals surface area contributed by atoms with E-state index in [0.29, 0.717) is 24.5 Å². The van der Waals surface area contributed by atoms with Gasteiger partial charge in [0.1, 0.15) is 11.4 Å². The van der Waals surface area contributed by atoms with Crippen LogP contribution in [0.3, 0.4) is 0 Å². The van der Waals surface area contributed by atoms with Gasteiger partial charge in [-0.1, -0.05) is 12.1 Å². The number of carbonyl (C=O) groups excluding carboxylic acids is 1. The molecule has 1 aromatic carbocycles. The summed E-state index contributed by atoms with van der Waals surface area (Å²) in [6.07, 6.45) is 0.528. The molecule has 0 aromatic heterocycles. The number of ether oxygens (including phenoxy) is 2. The number of nitrogen functional groups attached to an aromatic ring is 1. The van der Waals surface area contributed by atoms with E-state index in [2.05, 4.69) is 5.32 Å². The number of nitrogens with one attached hydrogen (secondary N) is 1. The van der Waals surface area contributed by atoms with Gasteiger partial charge in [0.15, 0.2) is 6.61 Å². The van der Waals surface area contributed by atoms with Gasteiger partial charge in [-0.3, -0.25) is 4.79 Å². The number of nitrogens with two attached hydrogens (primary N) is 1. The molecule has 0 aliphatic carbocycles. The van der Waals surface area contributed by atoms with Gasteiger partial charge in [0.05, 0.1) is 12.3 Å². The number of carbonyl (C=O) groups is 1. The molecule has 1 aliphatic heterocycles. The molecule has 104 valence electrons. The third-order valence-corrected chi connectivity index (χ3v) is 2.97. The van der Waals surface area contributed by atoms with Gasteiger partial charge in [-0.15, -0.1) is 0 Å². The minimum Gasteiger partial charge on any atom is -0.482 e. The number of hydrogen-bond acceptors (Lipinski definition) is 5. The van der Waals surface area contributed by atoms with Crippen LogP contribution in [0.1, 0.15) is 6.42 Å². The van der Waals surface area contributed by atoms with Crippen molar-refractivity contribution in [1.29, 1.82) is 0 Å². The number of anilines is 1. The van der Waals surface area contributed by atoms with E-state index in [9.17, 15) is 9.90 Å². The second-order valence-electron chi connectivity index (χ2n) is 4.63. The maximum atomic E-state index is 11.6. The summed E-state index contributed by atoms with van der Waals surface area (Å²) in [5.41, 5.74) is 5.22. The second kappa shape index (κ2) is 5.90. The Morgan fingerprint density at radius 1 is 1.53 bits per heavy atom. The van der Waals surface area contributed by atoms with E-state index in [-0.39, 0.29) is 25.7 Å². The summed E-state index contributed by atoms with van der Waals surface area (Å²) in [6.45, 7) is 0.799. The van der Waals surface area contributed by atoms with Crippen LogP contribution in [0.15, 0.2) is 24.3 Å². The predicted molar refractivity (Wildman–Crippen MR) is 69.7 cm³/mol. The van der Waals surface area contributed by atoms with Crippen LogP contribution < -0.4 is 15.8 Å². The van der Waals surface area contributed by atoms with E-state index >= 15 is 0 Å². The largest absolute Gasteiger partial charge is 0.482 e. The lowest BCUT2D eigenvalue weighted by molar-refractivity contribution is -0.124. The van der Waals surface area contributed by atoms with Crippen molar-refractivity contribution in [2.45, 2.75) is 12.0 Å². The molecule has 1 saturated heterocycles. The first-order valence-electron chi connectivity index (χ1n) is 6.13. The normalized spacial score (nSPS) is 22.2. The van der Waals surface area contributed by atoms with Gasteiger partial charge in [0, 0.05) is 19.6 Å². The van der Waals surface area contributed by atoms with Crippen molar-refractivity contribution >= 4 is 11.6 Å². The minimum atomic E-state index is -0.957. The lowest BCUT2D eigenvalue weighted by Gasteiger charge is -2.20. The standard InChI is InChI=1S/C13H18N2O4/c14-10-3-1-2-4-11(10)19-7-12(16)15-8-13(17)5-6-18-9-13/h1-4,17H,5-9,14H2,(H,15,16). The number of aliphatic hydroxyl groups is 1. The quantitative estimate of drug-likeness (QED) is 0.648. The van der Waals surface area contributed by atoms with Crippen LogP contribution >= 0.6 is 0 Å². The first kappa shape index (κ1) is 13.6. The maximum Gasteiger partial charge on any atom is 0.258 e. The molecular formula is C13H18N2O4. The fourth-order valence-electron chi connectivity index (χ4n) is 1.81. The Labute approximate surface area is 111 Å². The van der Waals surface area contributed by atoms with Crippen LogP contribution in [-0.2, 0) is 9.53 Å². The van der Waals surface area contributed by atoms with Gasteiger partial charge >= 0.3 is 0 Å². The summed E-state index contributed by atoms with van der Waals surface area (Å²) in [7, 11) is 0. The average molecular weight is 266 g/mol. The van der Waals surface area contributed by atoms with E-state index in [1.165, 1.54) is 0 Å². The van der Waals surface area contributed by atoms with Gasteiger partial charge in [0.2, 0.25) is 0 Å². The van der Waals surface area contributed by atoms with Gasteiger partial charge in [-0.25, -0.2) is 0 Å². The SMILES string of the molecule is Nc1ccccc1OCC(=O)NCC1(O)CCOC1. The van der Waals surface area contributed by atoms with E-state index in [0.717, 1.165) is 0 Å². The number of rotatable bonds is 5. The maximum absolute atomic E-state index is 11.6. The van der Waals surface area contributed by atoms with Gasteiger partial charge in [-0.05, 0) is 12.1 Å². The van der Waals surface area contributed by atoms with Crippen molar-refractivity contribution in [1.82, 2.24) is 5.32 Å². The lowest BCUT2D eigenvalue weighted by Crippen LogP contribution is -2.44. The third-order valence-electron chi connectivity index (χ3n) is 2.97. The third kappa shape index (κ3) is 3.84. The summed E-state index contributed by atoms with van der Waals surface area (Å²) < 4.78 is 10.4. The lowest BCUT2D eigenvalue weighted by atomic mass is 10.0. The molecule has 1 amide bonds. The molecule has 1 aliphatic rings. The Balaban J connectivity index is 1.74. The first-order chi connectivity index (χ1) is 9.09. The molecule has 1 aromatic rings. The van der Waals surface area contributed by atoms with Crippen molar-refractivity contribution < 1.29 is 19.4 Å². The van der Waals surface area contributed by atoms with Gasteiger partial charge in [0.25, 0.3) is 5.91 Å². The highest BCUT2D eigenvalue weighted by atomic mass is 16.5. The molecular weight excluding hydrogens is 248 g/mol. The van der Waals surface area contributed by atoms with E-state index in [1.54, 1.807) is 24.3 Å². The smallest absolute Gasteiger partial charge is 0.258 e. The van der Waals surface area contributed by atoms with Gasteiger partial charge in [-0.2, -0.15) is 0 Å². The van der Waals surface area contributed by atoms with Crippen molar-refractivity contribution in [3.05, 3.63) is 24.3 Å². The zero-order valence-electron chi connectivity index (χ0n) is 10.6. The van der Waals surface area contributed by atoms with Gasteiger partial charge < -0.3 is 25.6 Å². The Kier molecular flexibility index (Phi) is 4.24. The molecule has 0 saturated carbocycles. The van der Waals surface area contributed by atoms with Crippen LogP contribution in [0.2, 0.25) is 0 Å². The molecule has 4 N–H and O–H groups in total. The molecule has 0 bridgehead atoms. The molecule has 1 atom stereocenters. The monoisotopic (exact) mass is 266 g/mol. The molecule has 0 spiro atoms. The van der Waals surface area contributed by atoms with E-state index < -0.39 is 5.60 Å². The highest BCUT2D eigenvalue weighted by molar-refractivity contribution is 5.77. The topological polar surface area (TPSA) is 93.8 Å². The van der Waals surface area contributed by atoms with E-state index in [4.69, 9.17) is 15.2 Å². The minimum absolute atomic E-state index is 0.134. The Morgan fingerprint density at radius 3 is 3.00 bits per heavy atom. The second-order valence-corrected chi connectivity index (χ2v) is 4.63. The molecule has 6 nitrogen and oxygen atoms in total. The highest BCUT2D eigenvalue weighted by Crippen LogP contribution is 2.19. The van der Waals surface area contributed by atoms with Crippen molar-refractivity contribution in [3.63, 3.8) is 0 Å². The number of para-hydroxylation sites is 2. The Morgan fingerprint density at radius 2 is 2.32 bits per heavy atom. The highest BCUT2D eigenvalue weighted by Gasteiger charge is 2.32. The van der Waals surface area contributed by atoms with Crippen molar-refractivity contribution in [2.75, 3.05) is 32.1 Å². The molecule has 1 unspecified atom stereocenters. The molecule has 1 fully saturated rings. The zero-order valence-corrected chi connectivity index (χ0v) is 10.6. The molecule has 6 heteroatoms. The first-order valence-corrected chi connectivity index (χ1v) is 6.13. The summed E-state index contributed by atoms with van der Waals surface area (Å²) in [5.74, 6) is 0.170. The van der Waals surface area contributed by atoms with Crippen molar-refractivity contribution in [2.24, 2.45) is 0 Å². The van der Waals surface area contributed by atoms with Crippen LogP contribution in [0.4, 0.5) is 5.69 Å². The predicted octanol–water partition coefficient (Wildman–Crippen LogP) is -0.0848. The Bertz CT molecular complexity index is 444. The molecule has 2 rings (SSSR count). The number of benzene rings is 1. The molecule has 19 heavy (non-hydrogen) atoms. The average Bonchev–Trinajstić information content (AvgIpc) is 2.83. The summed E-state index contributed by atoms with van der Waals surface area (Å²) in [4.78, 5) is 11.6. The summed E-state index contributed by atoms with van der Waals surface area (Å²) >= 11 is 0. The Hall–Kier alpha value is -1.79. The van der Waals surface area contributed by atoms with Crippen LogP contribution in [0.5, 0.6) is 5.75 Å². The fourth-order valence-corrected chi connectivity index (χ4v) is 1.81. The van der Waals surface area contributed by atoms with Crippen LogP contribution in [-0.4, -0.2) is 43.0 Å². The van der Waals surface area contributed by atoms with Crippen molar-refractivity contribution in [3.8, 4) is 5.75 Å². The van der Waals surface area contributed by atoms with E-state index in [1.807, 2.05) is 0 Å². The molecule has 0 radical (unpaired) electrons. The van der Waals surface area contributed by atoms with Crippen LogP contribution in [0.25, 0.3) is 0 Å².